The highest BCUT2D eigenvalue weighted by molar-refractivity contribution is 6.63. The van der Waals surface area contributed by atoms with Crippen molar-refractivity contribution in [2.45, 2.75) is 19.8 Å². The second kappa shape index (κ2) is 5.01. The number of hydrogen-bond acceptors (Lipinski definition) is 2. The van der Waals surface area contributed by atoms with E-state index in [4.69, 9.17) is 16.3 Å². The molecule has 0 fully saturated rings. The van der Waals surface area contributed by atoms with Gasteiger partial charge in [0, 0.05) is 0 Å². The maximum atomic E-state index is 10.5. The molecule has 0 amide bonds. The number of rotatable bonds is 4. The Bertz CT molecular complexity index is 321. The van der Waals surface area contributed by atoms with E-state index in [9.17, 15) is 4.79 Å². The van der Waals surface area contributed by atoms with Gasteiger partial charge in [-0.2, -0.15) is 0 Å². The van der Waals surface area contributed by atoms with Gasteiger partial charge in [0.25, 0.3) is 5.24 Å². The third kappa shape index (κ3) is 3.04. The normalized spacial score (nSPS) is 10.3. The van der Waals surface area contributed by atoms with E-state index in [1.807, 2.05) is 24.3 Å². The van der Waals surface area contributed by atoms with E-state index in [0.717, 1.165) is 11.3 Å². The van der Waals surface area contributed by atoms with Gasteiger partial charge in [-0.3, -0.25) is 4.79 Å². The van der Waals surface area contributed by atoms with Crippen molar-refractivity contribution in [3.8, 4) is 5.75 Å². The van der Waals surface area contributed by atoms with Crippen LogP contribution in [-0.4, -0.2) is 11.8 Å². The van der Waals surface area contributed by atoms with Crippen LogP contribution in [0.15, 0.2) is 24.3 Å². The van der Waals surface area contributed by atoms with Gasteiger partial charge in [0.05, 0.1) is 0 Å². The first-order valence-electron chi connectivity index (χ1n) is 4.51. The molecule has 0 heterocycles. The zero-order chi connectivity index (χ0) is 10.6. The molecule has 0 unspecified atom stereocenters. The van der Waals surface area contributed by atoms with Crippen LogP contribution in [0.3, 0.4) is 0 Å². The van der Waals surface area contributed by atoms with Gasteiger partial charge in [-0.25, -0.2) is 0 Å². The summed E-state index contributed by atoms with van der Waals surface area (Å²) in [6, 6.07) is 7.65. The lowest BCUT2D eigenvalue weighted by atomic mass is 10.0. The molecule has 1 aromatic carbocycles. The van der Waals surface area contributed by atoms with Crippen molar-refractivity contribution in [2.24, 2.45) is 0 Å². The van der Waals surface area contributed by atoms with E-state index < -0.39 is 5.24 Å². The monoisotopic (exact) mass is 212 g/mol. The van der Waals surface area contributed by atoms with Crippen LogP contribution in [-0.2, 0) is 4.79 Å². The van der Waals surface area contributed by atoms with Crippen molar-refractivity contribution < 1.29 is 9.53 Å². The van der Waals surface area contributed by atoms with Gasteiger partial charge in [0.1, 0.15) is 5.75 Å². The van der Waals surface area contributed by atoms with Crippen molar-refractivity contribution in [1.29, 1.82) is 0 Å². The standard InChI is InChI=1S/C11H13ClO2/c1-8(2)9-5-3-4-6-10(9)14-7-11(12)13/h3-6,8H,7H2,1-2H3. The fraction of sp³-hybridized carbons (Fsp3) is 0.364. The van der Waals surface area contributed by atoms with E-state index in [1.54, 1.807) is 0 Å². The summed E-state index contributed by atoms with van der Waals surface area (Å²) in [5.74, 6) is 1.10. The average Bonchev–Trinajstić information content (AvgIpc) is 2.15. The maximum absolute atomic E-state index is 10.5. The highest BCUT2D eigenvalue weighted by atomic mass is 35.5. The first-order valence-corrected chi connectivity index (χ1v) is 4.89. The maximum Gasteiger partial charge on any atom is 0.259 e. The SMILES string of the molecule is CC(C)c1ccccc1OCC(=O)Cl. The van der Waals surface area contributed by atoms with E-state index >= 15 is 0 Å². The molecule has 0 saturated carbocycles. The van der Waals surface area contributed by atoms with Crippen molar-refractivity contribution in [3.05, 3.63) is 29.8 Å². The number of hydrogen-bond donors (Lipinski definition) is 0. The zero-order valence-electron chi connectivity index (χ0n) is 8.29. The van der Waals surface area contributed by atoms with E-state index in [-0.39, 0.29) is 6.61 Å². The molecule has 0 bridgehead atoms. The molecule has 0 saturated heterocycles. The molecule has 3 heteroatoms. The molecule has 0 atom stereocenters. The van der Waals surface area contributed by atoms with Gasteiger partial charge in [0.15, 0.2) is 6.61 Å². The Balaban J connectivity index is 2.79. The molecule has 0 radical (unpaired) electrons. The van der Waals surface area contributed by atoms with Gasteiger partial charge in [0.2, 0.25) is 0 Å². The molecule has 14 heavy (non-hydrogen) atoms. The Hall–Kier alpha value is -1.02. The van der Waals surface area contributed by atoms with E-state index in [1.165, 1.54) is 0 Å². The molecular weight excluding hydrogens is 200 g/mol. The Morgan fingerprint density at radius 1 is 1.43 bits per heavy atom. The second-order valence-corrected chi connectivity index (χ2v) is 3.76. The number of halogens is 1. The minimum Gasteiger partial charge on any atom is -0.484 e. The van der Waals surface area contributed by atoms with E-state index in [0.29, 0.717) is 5.92 Å². The first kappa shape index (κ1) is 11.1. The molecule has 0 aromatic heterocycles. The largest absolute Gasteiger partial charge is 0.484 e. The van der Waals surface area contributed by atoms with Gasteiger partial charge in [-0.1, -0.05) is 32.0 Å². The predicted molar refractivity (Wildman–Crippen MR) is 56.9 cm³/mol. The molecule has 0 N–H and O–H groups in total. The summed E-state index contributed by atoms with van der Waals surface area (Å²) in [4.78, 5) is 10.5. The summed E-state index contributed by atoms with van der Waals surface area (Å²) < 4.78 is 5.28. The average molecular weight is 213 g/mol. The molecule has 76 valence electrons. The number of carbonyl (C=O) groups excluding carboxylic acids is 1. The highest BCUT2D eigenvalue weighted by Crippen LogP contribution is 2.25. The van der Waals surface area contributed by atoms with Crippen LogP contribution < -0.4 is 4.74 Å². The minimum atomic E-state index is -0.483. The molecule has 1 aromatic rings. The summed E-state index contributed by atoms with van der Waals surface area (Å²) in [6.45, 7) is 4.07. The fourth-order valence-electron chi connectivity index (χ4n) is 1.22. The van der Waals surface area contributed by atoms with Gasteiger partial charge in [-0.05, 0) is 29.1 Å². The highest BCUT2D eigenvalue weighted by Gasteiger charge is 2.07. The number of carbonyl (C=O) groups is 1. The molecular formula is C11H13ClO2. The Morgan fingerprint density at radius 2 is 2.07 bits per heavy atom. The van der Waals surface area contributed by atoms with E-state index in [2.05, 4.69) is 13.8 Å². The third-order valence-corrected chi connectivity index (χ3v) is 1.99. The summed E-state index contributed by atoms with van der Waals surface area (Å²) >= 11 is 5.20. The smallest absolute Gasteiger partial charge is 0.259 e. The Kier molecular flexibility index (Phi) is 3.96. The van der Waals surface area contributed by atoms with Crippen molar-refractivity contribution >= 4 is 16.8 Å². The van der Waals surface area contributed by atoms with Crippen LogP contribution in [0.5, 0.6) is 5.75 Å². The Labute approximate surface area is 88.8 Å². The fourth-order valence-corrected chi connectivity index (χ4v) is 1.28. The molecule has 1 rings (SSSR count). The Morgan fingerprint density at radius 3 is 2.64 bits per heavy atom. The van der Waals surface area contributed by atoms with Gasteiger partial charge < -0.3 is 4.74 Å². The van der Waals surface area contributed by atoms with Gasteiger partial charge >= 0.3 is 0 Å². The predicted octanol–water partition coefficient (Wildman–Crippen LogP) is 2.95. The van der Waals surface area contributed by atoms with Crippen LogP contribution in [0.2, 0.25) is 0 Å². The molecule has 0 aliphatic heterocycles. The lowest BCUT2D eigenvalue weighted by Gasteiger charge is -2.12. The zero-order valence-corrected chi connectivity index (χ0v) is 9.04. The quantitative estimate of drug-likeness (QED) is 0.718. The molecule has 0 spiro atoms. The number of para-hydroxylation sites is 1. The number of benzene rings is 1. The van der Waals surface area contributed by atoms with Gasteiger partial charge in [-0.15, -0.1) is 0 Å². The summed E-state index contributed by atoms with van der Waals surface area (Å²) in [6.07, 6.45) is 0. The first-order chi connectivity index (χ1) is 6.61. The topological polar surface area (TPSA) is 26.3 Å². The van der Waals surface area contributed by atoms with Crippen LogP contribution in [0.1, 0.15) is 25.3 Å². The van der Waals surface area contributed by atoms with Crippen LogP contribution >= 0.6 is 11.6 Å². The summed E-state index contributed by atoms with van der Waals surface area (Å²) in [5.41, 5.74) is 1.09. The summed E-state index contributed by atoms with van der Waals surface area (Å²) in [7, 11) is 0. The van der Waals surface area contributed by atoms with Crippen LogP contribution in [0.4, 0.5) is 0 Å². The summed E-state index contributed by atoms with van der Waals surface area (Å²) in [5, 5.41) is -0.483. The van der Waals surface area contributed by atoms with Crippen LogP contribution in [0.25, 0.3) is 0 Å². The second-order valence-electron chi connectivity index (χ2n) is 3.34. The third-order valence-electron chi connectivity index (χ3n) is 1.88. The number of ether oxygens (including phenoxy) is 1. The lowest BCUT2D eigenvalue weighted by molar-refractivity contribution is -0.113. The van der Waals surface area contributed by atoms with Crippen LogP contribution in [0, 0.1) is 0 Å². The minimum absolute atomic E-state index is 0.0781. The molecule has 2 nitrogen and oxygen atoms in total. The molecule has 0 aliphatic carbocycles. The van der Waals surface area contributed by atoms with Crippen molar-refractivity contribution in [3.63, 3.8) is 0 Å². The van der Waals surface area contributed by atoms with Crippen molar-refractivity contribution in [1.82, 2.24) is 0 Å². The molecule has 0 aliphatic rings. The van der Waals surface area contributed by atoms with Crippen molar-refractivity contribution in [2.75, 3.05) is 6.61 Å². The lowest BCUT2D eigenvalue weighted by Crippen LogP contribution is -2.06.